The van der Waals surface area contributed by atoms with Gasteiger partial charge in [-0.3, -0.25) is 0 Å². The lowest BCUT2D eigenvalue weighted by Crippen LogP contribution is -2.45. The molecule has 0 atom stereocenters. The number of hydrogen-bond donors (Lipinski definition) is 3. The molecule has 4 N–H and O–H groups in total. The molecular formula is C34H34FN7O3. The number of carbonyl (C=O) groups is 1. The number of aryl methyl sites for hydroxylation is 1. The van der Waals surface area contributed by atoms with E-state index in [1.54, 1.807) is 12.4 Å². The number of halogens is 1. The number of hydrogen-bond acceptors (Lipinski definition) is 8. The summed E-state index contributed by atoms with van der Waals surface area (Å²) < 4.78 is 20.1. The van der Waals surface area contributed by atoms with Crippen LogP contribution in [0.25, 0.3) is 33.5 Å². The molecule has 1 aliphatic heterocycles. The first kappa shape index (κ1) is 29.6. The molecule has 5 aromatic rings. The number of alkyl carbamates (subject to hydrolysis) is 1. The Labute approximate surface area is 260 Å². The number of imidazole rings is 1. The van der Waals surface area contributed by atoms with Crippen molar-refractivity contribution in [2.24, 2.45) is 5.16 Å². The van der Waals surface area contributed by atoms with Gasteiger partial charge in [-0.2, -0.15) is 0 Å². The number of pyridine rings is 1. The highest BCUT2D eigenvalue weighted by molar-refractivity contribution is 5.96. The Bertz CT molecular complexity index is 1830. The zero-order valence-electron chi connectivity index (χ0n) is 25.1. The number of amides is 1. The predicted octanol–water partition coefficient (Wildman–Crippen LogP) is 6.20. The van der Waals surface area contributed by atoms with Gasteiger partial charge in [-0.05, 0) is 66.3 Å². The second-order valence-corrected chi connectivity index (χ2v) is 11.0. The molecule has 3 heterocycles. The molecule has 0 unspecified atom stereocenters. The van der Waals surface area contributed by atoms with Gasteiger partial charge in [0, 0.05) is 30.9 Å². The molecule has 0 aliphatic carbocycles. The molecule has 6 rings (SSSR count). The Hall–Kier alpha value is -5.45. The van der Waals surface area contributed by atoms with E-state index in [-0.39, 0.29) is 18.5 Å². The van der Waals surface area contributed by atoms with Gasteiger partial charge in [0.25, 0.3) is 0 Å². The van der Waals surface area contributed by atoms with E-state index in [2.05, 4.69) is 25.3 Å². The Kier molecular flexibility index (Phi) is 8.58. The molecule has 1 amide bonds. The van der Waals surface area contributed by atoms with Crippen molar-refractivity contribution >= 4 is 34.8 Å². The second kappa shape index (κ2) is 13.0. The SMILES string of the molecule is CON=Cc1ccc2nc(-c3c(N)ncc(-c4cc(C)cc(F)c4)c3N3CCC(NC(=O)OCc4ccccc4)CC3)[nH]c2c1. The van der Waals surface area contributed by atoms with Crippen LogP contribution in [0.3, 0.4) is 0 Å². The molecule has 230 valence electrons. The van der Waals surface area contributed by atoms with E-state index in [9.17, 15) is 9.18 Å². The Balaban J connectivity index is 1.31. The smallest absolute Gasteiger partial charge is 0.407 e. The Morgan fingerprint density at radius 1 is 1.16 bits per heavy atom. The number of rotatable bonds is 8. The number of H-pyrrole nitrogens is 1. The summed E-state index contributed by atoms with van der Waals surface area (Å²) in [7, 11) is 1.49. The van der Waals surface area contributed by atoms with Gasteiger partial charge in [0.05, 0.1) is 28.5 Å². The fourth-order valence-corrected chi connectivity index (χ4v) is 5.70. The van der Waals surface area contributed by atoms with Crippen LogP contribution in [0, 0.1) is 12.7 Å². The van der Waals surface area contributed by atoms with Gasteiger partial charge in [-0.15, -0.1) is 0 Å². The fourth-order valence-electron chi connectivity index (χ4n) is 5.70. The minimum Gasteiger partial charge on any atom is -0.445 e. The van der Waals surface area contributed by atoms with E-state index in [1.807, 2.05) is 61.5 Å². The van der Waals surface area contributed by atoms with Crippen LogP contribution in [0.5, 0.6) is 0 Å². The molecule has 0 bridgehead atoms. The third-order valence-electron chi connectivity index (χ3n) is 7.83. The standard InChI is InChI=1S/C34H34FN7O3/c1-21-14-24(17-25(35)15-21)27-19-37-32(36)30(33-40-28-9-8-23(18-38-44-2)16-29(28)41-33)31(27)42-12-10-26(11-13-42)39-34(43)45-20-22-6-4-3-5-7-22/h3-9,14-19,26H,10-13,20H2,1-2H3,(H2,36,37)(H,39,43)(H,40,41). The zero-order chi connectivity index (χ0) is 31.3. The quantitative estimate of drug-likeness (QED) is 0.141. The normalized spacial score (nSPS) is 13.8. The number of ether oxygens (including phenoxy) is 1. The summed E-state index contributed by atoms with van der Waals surface area (Å²) in [5.74, 6) is 0.512. The van der Waals surface area contributed by atoms with Crippen LogP contribution < -0.4 is 16.0 Å². The minimum atomic E-state index is -0.445. The van der Waals surface area contributed by atoms with E-state index >= 15 is 0 Å². The first-order valence-corrected chi connectivity index (χ1v) is 14.7. The summed E-state index contributed by atoms with van der Waals surface area (Å²) in [6.07, 6.45) is 4.21. The molecule has 45 heavy (non-hydrogen) atoms. The van der Waals surface area contributed by atoms with Crippen molar-refractivity contribution in [3.05, 3.63) is 95.4 Å². The first-order chi connectivity index (χ1) is 21.9. The molecule has 10 nitrogen and oxygen atoms in total. The number of nitrogen functional groups attached to an aromatic ring is 1. The van der Waals surface area contributed by atoms with Gasteiger partial charge < -0.3 is 30.5 Å². The third-order valence-corrected chi connectivity index (χ3v) is 7.83. The van der Waals surface area contributed by atoms with Gasteiger partial charge in [0.1, 0.15) is 31.2 Å². The maximum absolute atomic E-state index is 14.7. The number of nitrogens with zero attached hydrogens (tertiary/aromatic N) is 4. The number of carbonyl (C=O) groups excluding carboxylic acids is 1. The lowest BCUT2D eigenvalue weighted by molar-refractivity contribution is 0.134. The molecule has 0 saturated carbocycles. The highest BCUT2D eigenvalue weighted by Gasteiger charge is 2.28. The summed E-state index contributed by atoms with van der Waals surface area (Å²) in [6.45, 7) is 3.29. The van der Waals surface area contributed by atoms with Crippen LogP contribution in [0.15, 0.2) is 78.1 Å². The summed E-state index contributed by atoms with van der Waals surface area (Å²) >= 11 is 0. The highest BCUT2D eigenvalue weighted by atomic mass is 19.1. The topological polar surface area (TPSA) is 131 Å². The molecule has 3 aromatic carbocycles. The van der Waals surface area contributed by atoms with E-state index in [1.165, 1.54) is 19.2 Å². The van der Waals surface area contributed by atoms with Crippen LogP contribution in [0.4, 0.5) is 20.7 Å². The van der Waals surface area contributed by atoms with Crippen molar-refractivity contribution in [1.82, 2.24) is 20.3 Å². The van der Waals surface area contributed by atoms with Crippen molar-refractivity contribution in [1.29, 1.82) is 0 Å². The molecule has 2 aromatic heterocycles. The first-order valence-electron chi connectivity index (χ1n) is 14.7. The average Bonchev–Trinajstić information content (AvgIpc) is 3.46. The van der Waals surface area contributed by atoms with E-state index < -0.39 is 6.09 Å². The number of nitrogens with one attached hydrogen (secondary N) is 2. The number of fused-ring (bicyclic) bond motifs is 1. The zero-order valence-corrected chi connectivity index (χ0v) is 25.1. The Morgan fingerprint density at radius 2 is 1.96 bits per heavy atom. The number of oxime groups is 1. The van der Waals surface area contributed by atoms with Crippen LogP contribution in [-0.2, 0) is 16.2 Å². The number of aromatic nitrogens is 3. The minimum absolute atomic E-state index is 0.0644. The predicted molar refractivity (Wildman–Crippen MR) is 173 cm³/mol. The van der Waals surface area contributed by atoms with Gasteiger partial charge in [-0.25, -0.2) is 19.2 Å². The van der Waals surface area contributed by atoms with Crippen LogP contribution in [0.2, 0.25) is 0 Å². The summed E-state index contributed by atoms with van der Waals surface area (Å²) in [5.41, 5.74) is 13.5. The lowest BCUT2D eigenvalue weighted by atomic mass is 9.96. The second-order valence-electron chi connectivity index (χ2n) is 11.0. The Morgan fingerprint density at radius 3 is 2.71 bits per heavy atom. The van der Waals surface area contributed by atoms with Gasteiger partial charge in [0.15, 0.2) is 0 Å². The third kappa shape index (κ3) is 6.72. The van der Waals surface area contributed by atoms with Crippen molar-refractivity contribution < 1.29 is 18.8 Å². The molecule has 1 fully saturated rings. The van der Waals surface area contributed by atoms with Crippen LogP contribution in [0.1, 0.15) is 29.5 Å². The van der Waals surface area contributed by atoms with Crippen molar-refractivity contribution in [3.8, 4) is 22.5 Å². The van der Waals surface area contributed by atoms with E-state index in [0.717, 1.165) is 39.0 Å². The largest absolute Gasteiger partial charge is 0.445 e. The van der Waals surface area contributed by atoms with Gasteiger partial charge in [-0.1, -0.05) is 47.6 Å². The number of benzene rings is 3. The van der Waals surface area contributed by atoms with Gasteiger partial charge >= 0.3 is 6.09 Å². The number of nitrogens with two attached hydrogens (primary N) is 1. The van der Waals surface area contributed by atoms with Crippen molar-refractivity contribution in [2.75, 3.05) is 30.8 Å². The molecule has 1 saturated heterocycles. The monoisotopic (exact) mass is 607 g/mol. The lowest BCUT2D eigenvalue weighted by Gasteiger charge is -2.36. The number of anilines is 2. The van der Waals surface area contributed by atoms with E-state index in [4.69, 9.17) is 20.3 Å². The summed E-state index contributed by atoms with van der Waals surface area (Å²) in [5, 5.41) is 6.86. The summed E-state index contributed by atoms with van der Waals surface area (Å²) in [6, 6.07) is 20.1. The van der Waals surface area contributed by atoms with Crippen LogP contribution >= 0.6 is 0 Å². The molecular weight excluding hydrogens is 573 g/mol. The number of piperidine rings is 1. The number of aromatic amines is 1. The maximum Gasteiger partial charge on any atom is 0.407 e. The van der Waals surface area contributed by atoms with E-state index in [0.29, 0.717) is 48.7 Å². The van der Waals surface area contributed by atoms with Crippen LogP contribution in [-0.4, -0.2) is 53.5 Å². The molecule has 0 spiro atoms. The fraction of sp³-hybridized carbons (Fsp3) is 0.235. The van der Waals surface area contributed by atoms with Gasteiger partial charge in [0.2, 0.25) is 0 Å². The maximum atomic E-state index is 14.7. The summed E-state index contributed by atoms with van der Waals surface area (Å²) in [4.78, 5) is 32.4. The highest BCUT2D eigenvalue weighted by Crippen LogP contribution is 2.43. The molecule has 1 aliphatic rings. The van der Waals surface area contributed by atoms with Crippen molar-refractivity contribution in [2.45, 2.75) is 32.4 Å². The average molecular weight is 608 g/mol. The molecule has 0 radical (unpaired) electrons. The van der Waals surface area contributed by atoms with Crippen molar-refractivity contribution in [3.63, 3.8) is 0 Å². The molecule has 11 heteroatoms.